The molecular weight excluding hydrogens is 417 g/mol. The minimum Gasteiger partial charge on any atom is -0.441 e. The Morgan fingerprint density at radius 2 is 2.10 bits per heavy atom. The molecule has 1 aromatic carbocycles. The van der Waals surface area contributed by atoms with Gasteiger partial charge in [-0.15, -0.1) is 15.0 Å². The molecule has 3 heterocycles. The van der Waals surface area contributed by atoms with Crippen LogP contribution in [0.15, 0.2) is 43.1 Å². The maximum atomic E-state index is 14.7. The number of carbonyl (C=O) groups is 1. The molecule has 1 fully saturated rings. The molecule has 12 heteroatoms. The molecule has 3 aromatic rings. The molecule has 4 rings (SSSR count). The molecular formula is C19H15F3N6O3. The van der Waals surface area contributed by atoms with Crippen LogP contribution in [0.25, 0.3) is 28.8 Å². The van der Waals surface area contributed by atoms with Crippen molar-refractivity contribution in [3.8, 4) is 22.6 Å². The summed E-state index contributed by atoms with van der Waals surface area (Å²) in [7, 11) is 0. The number of carbonyl (C=O) groups excluding carboxylic acids is 1. The second-order valence-electron chi connectivity index (χ2n) is 6.57. The Bertz CT molecular complexity index is 1120. The number of aliphatic hydroxyl groups excluding tert-OH is 1. The topological polar surface area (TPSA) is 106 Å². The van der Waals surface area contributed by atoms with Crippen LogP contribution in [0, 0.1) is 5.82 Å². The Hall–Kier alpha value is -3.80. The number of rotatable bonds is 6. The summed E-state index contributed by atoms with van der Waals surface area (Å²) >= 11 is 0. The van der Waals surface area contributed by atoms with Gasteiger partial charge in [0.2, 0.25) is 5.82 Å². The Kier molecular flexibility index (Phi) is 5.38. The van der Waals surface area contributed by atoms with Crippen LogP contribution < -0.4 is 4.90 Å². The Labute approximate surface area is 173 Å². The summed E-state index contributed by atoms with van der Waals surface area (Å²) in [5.41, 5.74) is 1.21. The van der Waals surface area contributed by atoms with Crippen molar-refractivity contribution in [2.75, 3.05) is 11.4 Å². The number of alkyl halides is 2. The van der Waals surface area contributed by atoms with Gasteiger partial charge in [0.15, 0.2) is 12.2 Å². The van der Waals surface area contributed by atoms with Gasteiger partial charge in [0.25, 0.3) is 6.43 Å². The van der Waals surface area contributed by atoms with Gasteiger partial charge in [-0.1, -0.05) is 12.6 Å². The van der Waals surface area contributed by atoms with Gasteiger partial charge in [-0.3, -0.25) is 9.88 Å². The third-order valence-corrected chi connectivity index (χ3v) is 4.63. The maximum absolute atomic E-state index is 14.7. The lowest BCUT2D eigenvalue weighted by atomic mass is 10.1. The SMILES string of the molecule is C=Cn1nnc(-c2ccc(-c3ccc(N4C[C@@H]([C@H](O)C(F)F)OC4=O)cc3F)cn2)n1. The van der Waals surface area contributed by atoms with Gasteiger partial charge in [0.1, 0.15) is 11.5 Å². The molecule has 160 valence electrons. The minimum atomic E-state index is -3.07. The fourth-order valence-electron chi connectivity index (χ4n) is 3.03. The number of benzene rings is 1. The molecule has 0 radical (unpaired) electrons. The number of pyridine rings is 1. The summed E-state index contributed by atoms with van der Waals surface area (Å²) in [6, 6.07) is 7.17. The summed E-state index contributed by atoms with van der Waals surface area (Å²) in [4.78, 5) is 18.3. The Balaban J connectivity index is 1.54. The van der Waals surface area contributed by atoms with E-state index in [0.717, 1.165) is 11.0 Å². The van der Waals surface area contributed by atoms with E-state index in [2.05, 4.69) is 27.0 Å². The number of hydrogen-bond donors (Lipinski definition) is 1. The van der Waals surface area contributed by atoms with E-state index in [4.69, 9.17) is 4.74 Å². The van der Waals surface area contributed by atoms with E-state index >= 15 is 0 Å². The van der Waals surface area contributed by atoms with Gasteiger partial charge in [-0.25, -0.2) is 18.0 Å². The highest BCUT2D eigenvalue weighted by atomic mass is 19.3. The quantitative estimate of drug-likeness (QED) is 0.638. The van der Waals surface area contributed by atoms with Gasteiger partial charge in [0, 0.05) is 23.5 Å². The maximum Gasteiger partial charge on any atom is 0.414 e. The van der Waals surface area contributed by atoms with Gasteiger partial charge < -0.3 is 9.84 Å². The fraction of sp³-hybridized carbons (Fsp3) is 0.211. The van der Waals surface area contributed by atoms with Crippen molar-refractivity contribution < 1.29 is 27.8 Å². The molecule has 1 amide bonds. The van der Waals surface area contributed by atoms with Gasteiger partial charge in [-0.05, 0) is 29.5 Å². The molecule has 0 spiro atoms. The minimum absolute atomic E-state index is 0.116. The molecule has 0 bridgehead atoms. The number of tetrazole rings is 1. The third-order valence-electron chi connectivity index (χ3n) is 4.63. The van der Waals surface area contributed by atoms with E-state index in [-0.39, 0.29) is 23.6 Å². The molecule has 9 nitrogen and oxygen atoms in total. The zero-order chi connectivity index (χ0) is 22.1. The van der Waals surface area contributed by atoms with E-state index in [1.165, 1.54) is 29.3 Å². The molecule has 1 aliphatic rings. The predicted octanol–water partition coefficient (Wildman–Crippen LogP) is 2.59. The first-order chi connectivity index (χ1) is 14.9. The van der Waals surface area contributed by atoms with E-state index in [0.29, 0.717) is 11.3 Å². The number of ether oxygens (including phenoxy) is 1. The normalized spacial score (nSPS) is 17.1. The lowest BCUT2D eigenvalue weighted by molar-refractivity contribution is -0.0641. The molecule has 2 aromatic heterocycles. The molecule has 1 aliphatic heterocycles. The second-order valence-corrected chi connectivity index (χ2v) is 6.57. The summed E-state index contributed by atoms with van der Waals surface area (Å²) in [5, 5.41) is 21.0. The fourth-order valence-corrected chi connectivity index (χ4v) is 3.03. The average Bonchev–Trinajstić information content (AvgIpc) is 3.40. The van der Waals surface area contributed by atoms with Crippen molar-refractivity contribution in [1.29, 1.82) is 0 Å². The smallest absolute Gasteiger partial charge is 0.414 e. The van der Waals surface area contributed by atoms with Crippen LogP contribution in [0.3, 0.4) is 0 Å². The van der Waals surface area contributed by atoms with E-state index in [1.807, 2.05) is 0 Å². The summed E-state index contributed by atoms with van der Waals surface area (Å²) in [6.45, 7) is 3.20. The van der Waals surface area contributed by atoms with Gasteiger partial charge in [-0.2, -0.15) is 0 Å². The first kappa shape index (κ1) is 20.5. The van der Waals surface area contributed by atoms with E-state index < -0.39 is 30.5 Å². The number of amides is 1. The van der Waals surface area contributed by atoms with Crippen molar-refractivity contribution in [1.82, 2.24) is 25.2 Å². The monoisotopic (exact) mass is 432 g/mol. The molecule has 31 heavy (non-hydrogen) atoms. The third kappa shape index (κ3) is 3.97. The molecule has 1 saturated heterocycles. The van der Waals surface area contributed by atoms with Crippen molar-refractivity contribution in [3.05, 3.63) is 48.9 Å². The number of cyclic esters (lactones) is 1. The highest BCUT2D eigenvalue weighted by Gasteiger charge is 2.40. The number of anilines is 1. The van der Waals surface area contributed by atoms with Gasteiger partial charge >= 0.3 is 6.09 Å². The van der Waals surface area contributed by atoms with Crippen LogP contribution in [0.5, 0.6) is 0 Å². The summed E-state index contributed by atoms with van der Waals surface area (Å²) < 4.78 is 44.8. The highest BCUT2D eigenvalue weighted by molar-refractivity contribution is 5.90. The van der Waals surface area contributed by atoms with Crippen LogP contribution in [0.1, 0.15) is 0 Å². The van der Waals surface area contributed by atoms with Crippen LogP contribution in [-0.2, 0) is 4.74 Å². The molecule has 2 atom stereocenters. The first-order valence-corrected chi connectivity index (χ1v) is 9.00. The second kappa shape index (κ2) is 8.14. The van der Waals surface area contributed by atoms with Gasteiger partial charge in [0.05, 0.1) is 12.2 Å². The van der Waals surface area contributed by atoms with Crippen LogP contribution in [-0.4, -0.2) is 61.6 Å². The molecule has 0 unspecified atom stereocenters. The lowest BCUT2D eigenvalue weighted by Gasteiger charge is -2.16. The summed E-state index contributed by atoms with van der Waals surface area (Å²) in [6.07, 6.45) is -4.73. The largest absolute Gasteiger partial charge is 0.441 e. The average molecular weight is 432 g/mol. The Morgan fingerprint density at radius 1 is 1.29 bits per heavy atom. The number of hydrogen-bond acceptors (Lipinski definition) is 7. The standard InChI is InChI=1S/C19H15F3N6O3/c1-2-28-25-18(24-26-28)14-6-3-10(8-23-14)12-5-4-11(7-13(12)20)27-9-15(31-19(27)30)16(29)17(21)22/h2-8,15-17,29H,1,9H2/t15-,16-/m0/s1. The van der Waals surface area contributed by atoms with Crippen molar-refractivity contribution in [2.45, 2.75) is 18.6 Å². The van der Waals surface area contributed by atoms with E-state index in [1.54, 1.807) is 12.1 Å². The number of nitrogens with zero attached hydrogens (tertiary/aromatic N) is 6. The van der Waals surface area contributed by atoms with Crippen molar-refractivity contribution >= 4 is 18.0 Å². The zero-order valence-electron chi connectivity index (χ0n) is 15.8. The van der Waals surface area contributed by atoms with Crippen LogP contribution in [0.4, 0.5) is 23.7 Å². The summed E-state index contributed by atoms with van der Waals surface area (Å²) in [5.74, 6) is -0.385. The predicted molar refractivity (Wildman–Crippen MR) is 102 cm³/mol. The first-order valence-electron chi connectivity index (χ1n) is 9.00. The van der Waals surface area contributed by atoms with Crippen LogP contribution >= 0.6 is 0 Å². The molecule has 1 N–H and O–H groups in total. The van der Waals surface area contributed by atoms with Crippen molar-refractivity contribution in [2.24, 2.45) is 0 Å². The number of aromatic nitrogens is 5. The van der Waals surface area contributed by atoms with Crippen LogP contribution in [0.2, 0.25) is 0 Å². The number of halogens is 3. The van der Waals surface area contributed by atoms with E-state index in [9.17, 15) is 23.1 Å². The Morgan fingerprint density at radius 3 is 2.71 bits per heavy atom. The molecule has 0 saturated carbocycles. The number of aliphatic hydroxyl groups is 1. The molecule has 0 aliphatic carbocycles. The lowest BCUT2D eigenvalue weighted by Crippen LogP contribution is -2.36. The highest BCUT2D eigenvalue weighted by Crippen LogP contribution is 2.30. The van der Waals surface area contributed by atoms with Crippen molar-refractivity contribution in [3.63, 3.8) is 0 Å². The zero-order valence-corrected chi connectivity index (χ0v) is 15.8.